The number of carbonyl (C=O) groups is 1. The minimum Gasteiger partial charge on any atom is -0.353 e. The zero-order valence-corrected chi connectivity index (χ0v) is 16.9. The van der Waals surface area contributed by atoms with Crippen LogP contribution in [-0.2, 0) is 11.2 Å². The van der Waals surface area contributed by atoms with Gasteiger partial charge in [-0.3, -0.25) is 18.6 Å². The van der Waals surface area contributed by atoms with Gasteiger partial charge in [0.2, 0.25) is 11.6 Å². The Morgan fingerprint density at radius 1 is 1.07 bits per heavy atom. The lowest BCUT2D eigenvalue weighted by Crippen LogP contribution is -2.34. The van der Waals surface area contributed by atoms with Crippen LogP contribution in [-0.4, -0.2) is 31.1 Å². The fourth-order valence-electron chi connectivity index (χ4n) is 4.04. The summed E-state index contributed by atoms with van der Waals surface area (Å²) in [4.78, 5) is 25.0. The van der Waals surface area contributed by atoms with Crippen LogP contribution in [0.1, 0.15) is 57.2 Å². The average molecular weight is 411 g/mol. The van der Waals surface area contributed by atoms with E-state index >= 15 is 0 Å². The van der Waals surface area contributed by atoms with E-state index in [0.717, 1.165) is 12.8 Å². The van der Waals surface area contributed by atoms with E-state index < -0.39 is 0 Å². The first-order valence-electron chi connectivity index (χ1n) is 10.6. The minimum absolute atomic E-state index is 0.0781. The predicted octanol–water partition coefficient (Wildman–Crippen LogP) is 3.18. The molecule has 1 aliphatic rings. The average Bonchev–Trinajstić information content (AvgIpc) is 2.98. The Morgan fingerprint density at radius 2 is 1.80 bits per heavy atom. The number of rotatable bonds is 6. The third kappa shape index (κ3) is 4.58. The van der Waals surface area contributed by atoms with E-state index in [1.165, 1.54) is 54.5 Å². The van der Waals surface area contributed by atoms with Gasteiger partial charge in [0.1, 0.15) is 11.6 Å². The molecular weight excluding hydrogens is 385 g/mol. The highest BCUT2D eigenvalue weighted by Gasteiger charge is 2.15. The lowest BCUT2D eigenvalue weighted by Gasteiger charge is -2.16. The van der Waals surface area contributed by atoms with E-state index in [1.54, 1.807) is 16.8 Å². The van der Waals surface area contributed by atoms with Crippen LogP contribution >= 0.6 is 0 Å². The lowest BCUT2D eigenvalue weighted by molar-refractivity contribution is -0.122. The van der Waals surface area contributed by atoms with Crippen LogP contribution in [0.2, 0.25) is 0 Å². The highest BCUT2D eigenvalue weighted by Crippen LogP contribution is 2.17. The molecule has 0 atom stereocenters. The van der Waals surface area contributed by atoms with E-state index in [1.807, 2.05) is 0 Å². The van der Waals surface area contributed by atoms with Gasteiger partial charge in [-0.2, -0.15) is 0 Å². The van der Waals surface area contributed by atoms with Crippen LogP contribution < -0.4 is 10.9 Å². The van der Waals surface area contributed by atoms with Crippen molar-refractivity contribution in [3.8, 4) is 5.69 Å². The van der Waals surface area contributed by atoms with Crippen molar-refractivity contribution in [2.75, 3.05) is 0 Å². The summed E-state index contributed by atoms with van der Waals surface area (Å²) in [6.45, 7) is 0. The third-order valence-electron chi connectivity index (χ3n) is 5.67. The number of aromatic nitrogens is 4. The van der Waals surface area contributed by atoms with Crippen molar-refractivity contribution >= 4 is 11.6 Å². The number of carbonyl (C=O) groups excluding carboxylic acids is 1. The molecule has 1 amide bonds. The maximum atomic E-state index is 13.1. The Balaban J connectivity index is 1.39. The number of fused-ring (bicyclic) bond motifs is 1. The van der Waals surface area contributed by atoms with Gasteiger partial charge in [-0.15, -0.1) is 10.2 Å². The number of aryl methyl sites for hydroxylation is 1. The molecule has 0 unspecified atom stereocenters. The topological polar surface area (TPSA) is 81.3 Å². The zero-order chi connectivity index (χ0) is 20.9. The van der Waals surface area contributed by atoms with Gasteiger partial charge in [-0.05, 0) is 43.5 Å². The van der Waals surface area contributed by atoms with Gasteiger partial charge >= 0.3 is 5.56 Å². The molecule has 1 aliphatic carbocycles. The molecule has 0 bridgehead atoms. The van der Waals surface area contributed by atoms with Crippen LogP contribution in [0.15, 0.2) is 41.5 Å². The van der Waals surface area contributed by atoms with Gasteiger partial charge < -0.3 is 5.32 Å². The molecule has 1 saturated carbocycles. The van der Waals surface area contributed by atoms with E-state index in [0.29, 0.717) is 36.8 Å². The van der Waals surface area contributed by atoms with Crippen LogP contribution in [0.25, 0.3) is 11.3 Å². The summed E-state index contributed by atoms with van der Waals surface area (Å²) in [6, 6.07) is 6.00. The van der Waals surface area contributed by atoms with Crippen molar-refractivity contribution in [1.29, 1.82) is 0 Å². The second-order valence-corrected chi connectivity index (χ2v) is 7.87. The van der Waals surface area contributed by atoms with Crippen LogP contribution in [0.5, 0.6) is 0 Å². The zero-order valence-electron chi connectivity index (χ0n) is 16.9. The number of amides is 1. The minimum atomic E-state index is -0.360. The highest BCUT2D eigenvalue weighted by molar-refractivity contribution is 5.76. The second kappa shape index (κ2) is 9.19. The molecular formula is C22H26FN5O2. The molecule has 8 heteroatoms. The molecule has 3 aromatic rings. The van der Waals surface area contributed by atoms with E-state index in [4.69, 9.17) is 0 Å². The van der Waals surface area contributed by atoms with Gasteiger partial charge in [-0.1, -0.05) is 25.7 Å². The molecule has 2 heterocycles. The van der Waals surface area contributed by atoms with Crippen LogP contribution in [0.4, 0.5) is 4.39 Å². The predicted molar refractivity (Wildman–Crippen MR) is 111 cm³/mol. The van der Waals surface area contributed by atoms with Gasteiger partial charge in [0.15, 0.2) is 0 Å². The Labute approximate surface area is 173 Å². The monoisotopic (exact) mass is 411 g/mol. The SMILES string of the molecule is O=C(CCCc1nnc2c(=O)n(-c3ccc(F)cc3)ccn12)NC1CCCCCC1. The molecule has 158 valence electrons. The molecule has 4 rings (SSSR count). The Hall–Kier alpha value is -3.03. The first kappa shape index (κ1) is 20.3. The maximum Gasteiger partial charge on any atom is 0.300 e. The summed E-state index contributed by atoms with van der Waals surface area (Å²) in [5.41, 5.74) is 0.442. The Bertz CT molecular complexity index is 1070. The summed E-state index contributed by atoms with van der Waals surface area (Å²) in [7, 11) is 0. The third-order valence-corrected chi connectivity index (χ3v) is 5.67. The number of hydrogen-bond acceptors (Lipinski definition) is 4. The summed E-state index contributed by atoms with van der Waals surface area (Å²) < 4.78 is 16.2. The number of nitrogens with zero attached hydrogens (tertiary/aromatic N) is 4. The Morgan fingerprint density at radius 3 is 2.53 bits per heavy atom. The molecule has 1 fully saturated rings. The molecule has 0 aliphatic heterocycles. The molecule has 1 N–H and O–H groups in total. The molecule has 30 heavy (non-hydrogen) atoms. The van der Waals surface area contributed by atoms with Crippen molar-refractivity contribution in [3.05, 3.63) is 58.7 Å². The number of benzene rings is 1. The van der Waals surface area contributed by atoms with Gasteiger partial charge in [0.25, 0.3) is 0 Å². The standard InChI is InChI=1S/C22H26FN5O2/c23-16-10-12-18(13-11-16)27-14-15-28-19(25-26-21(28)22(27)30)8-5-9-20(29)24-17-6-3-1-2-4-7-17/h10-15,17H,1-9H2,(H,24,29). The van der Waals surface area contributed by atoms with Gasteiger partial charge in [0.05, 0.1) is 0 Å². The summed E-state index contributed by atoms with van der Waals surface area (Å²) >= 11 is 0. The molecule has 0 spiro atoms. The molecule has 2 aromatic heterocycles. The largest absolute Gasteiger partial charge is 0.353 e. The van der Waals surface area contributed by atoms with E-state index in [9.17, 15) is 14.0 Å². The lowest BCUT2D eigenvalue weighted by atomic mass is 10.1. The van der Waals surface area contributed by atoms with Crippen LogP contribution in [0.3, 0.4) is 0 Å². The Kier molecular flexibility index (Phi) is 6.21. The molecule has 7 nitrogen and oxygen atoms in total. The van der Waals surface area contributed by atoms with Crippen molar-refractivity contribution in [3.63, 3.8) is 0 Å². The fourth-order valence-corrected chi connectivity index (χ4v) is 4.04. The van der Waals surface area contributed by atoms with Gasteiger partial charge in [-0.25, -0.2) is 4.39 Å². The first-order valence-corrected chi connectivity index (χ1v) is 10.6. The van der Waals surface area contributed by atoms with Crippen molar-refractivity contribution in [1.82, 2.24) is 24.5 Å². The van der Waals surface area contributed by atoms with Crippen molar-refractivity contribution in [2.45, 2.75) is 63.8 Å². The smallest absolute Gasteiger partial charge is 0.300 e. The summed E-state index contributed by atoms with van der Waals surface area (Å²) in [5.74, 6) is 0.366. The van der Waals surface area contributed by atoms with Crippen molar-refractivity contribution in [2.24, 2.45) is 0 Å². The second-order valence-electron chi connectivity index (χ2n) is 7.87. The fraction of sp³-hybridized carbons (Fsp3) is 0.455. The molecule has 1 aromatic carbocycles. The maximum absolute atomic E-state index is 13.1. The number of nitrogens with one attached hydrogen (secondary N) is 1. The van der Waals surface area contributed by atoms with Crippen LogP contribution in [0, 0.1) is 5.82 Å². The van der Waals surface area contributed by atoms with E-state index in [2.05, 4.69) is 15.5 Å². The quantitative estimate of drug-likeness (QED) is 0.632. The summed E-state index contributed by atoms with van der Waals surface area (Å²) in [5, 5.41) is 11.3. The molecule has 0 saturated heterocycles. The highest BCUT2D eigenvalue weighted by atomic mass is 19.1. The summed E-state index contributed by atoms with van der Waals surface area (Å²) in [6.07, 6.45) is 12.0. The van der Waals surface area contributed by atoms with E-state index in [-0.39, 0.29) is 22.9 Å². The van der Waals surface area contributed by atoms with Crippen molar-refractivity contribution < 1.29 is 9.18 Å². The van der Waals surface area contributed by atoms with Gasteiger partial charge in [0, 0.05) is 37.0 Å². The first-order chi connectivity index (χ1) is 14.6. The number of halogens is 1. The normalized spacial score (nSPS) is 15.2. The molecule has 0 radical (unpaired) electrons. The number of hydrogen-bond donors (Lipinski definition) is 1.